The molecular formula is C18H21NO4S. The van der Waals surface area contributed by atoms with E-state index in [4.69, 9.17) is 4.74 Å². The van der Waals surface area contributed by atoms with Crippen molar-refractivity contribution in [3.8, 4) is 0 Å². The number of esters is 1. The monoisotopic (exact) mass is 347 g/mol. The van der Waals surface area contributed by atoms with Gasteiger partial charge in [0.2, 0.25) is 0 Å². The fraction of sp³-hybridized carbons (Fsp3) is 0.278. The highest BCUT2D eigenvalue weighted by atomic mass is 32.2. The Balaban J connectivity index is 2.16. The van der Waals surface area contributed by atoms with Gasteiger partial charge in [0, 0.05) is 7.05 Å². The SMILES string of the molecule is CCCCOC(=O)c1ccc(S(=O)(=O)N(C)c2ccccc2)cc1. The van der Waals surface area contributed by atoms with Crippen molar-refractivity contribution in [2.75, 3.05) is 18.0 Å². The van der Waals surface area contributed by atoms with Crippen LogP contribution in [0, 0.1) is 0 Å². The number of unbranched alkanes of at least 4 members (excludes halogenated alkanes) is 1. The first-order chi connectivity index (χ1) is 11.5. The highest BCUT2D eigenvalue weighted by molar-refractivity contribution is 7.92. The molecule has 0 saturated carbocycles. The smallest absolute Gasteiger partial charge is 0.338 e. The van der Waals surface area contributed by atoms with Crippen molar-refractivity contribution in [2.45, 2.75) is 24.7 Å². The van der Waals surface area contributed by atoms with E-state index in [2.05, 4.69) is 0 Å². The molecule has 0 saturated heterocycles. The van der Waals surface area contributed by atoms with Crippen molar-refractivity contribution >= 4 is 21.7 Å². The number of carbonyl (C=O) groups is 1. The largest absolute Gasteiger partial charge is 0.462 e. The first-order valence-corrected chi connectivity index (χ1v) is 9.22. The van der Waals surface area contributed by atoms with E-state index in [0.717, 1.165) is 12.8 Å². The van der Waals surface area contributed by atoms with Crippen molar-refractivity contribution in [1.29, 1.82) is 0 Å². The van der Waals surface area contributed by atoms with Gasteiger partial charge in [0.1, 0.15) is 0 Å². The van der Waals surface area contributed by atoms with Crippen LogP contribution in [-0.4, -0.2) is 28.0 Å². The number of rotatable bonds is 7. The molecule has 0 radical (unpaired) electrons. The third-order valence-electron chi connectivity index (χ3n) is 3.60. The summed E-state index contributed by atoms with van der Waals surface area (Å²) in [6.07, 6.45) is 1.75. The maximum atomic E-state index is 12.6. The highest BCUT2D eigenvalue weighted by Gasteiger charge is 2.21. The van der Waals surface area contributed by atoms with E-state index in [-0.39, 0.29) is 4.90 Å². The van der Waals surface area contributed by atoms with Crippen LogP contribution in [0.15, 0.2) is 59.5 Å². The highest BCUT2D eigenvalue weighted by Crippen LogP contribution is 2.22. The van der Waals surface area contributed by atoms with Gasteiger partial charge in [-0.15, -0.1) is 0 Å². The molecule has 0 aromatic heterocycles. The number of carbonyl (C=O) groups excluding carboxylic acids is 1. The van der Waals surface area contributed by atoms with Crippen LogP contribution < -0.4 is 4.31 Å². The maximum Gasteiger partial charge on any atom is 0.338 e. The molecule has 0 spiro atoms. The van der Waals surface area contributed by atoms with Gasteiger partial charge in [0.05, 0.1) is 22.8 Å². The molecule has 0 amide bonds. The van der Waals surface area contributed by atoms with Crippen molar-refractivity contribution < 1.29 is 17.9 Å². The summed E-state index contributed by atoms with van der Waals surface area (Å²) in [7, 11) is -2.18. The molecule has 2 rings (SSSR count). The van der Waals surface area contributed by atoms with Crippen molar-refractivity contribution in [3.05, 3.63) is 60.2 Å². The fourth-order valence-electron chi connectivity index (χ4n) is 2.09. The molecule has 0 bridgehead atoms. The van der Waals surface area contributed by atoms with E-state index in [1.165, 1.54) is 35.6 Å². The van der Waals surface area contributed by atoms with E-state index in [9.17, 15) is 13.2 Å². The van der Waals surface area contributed by atoms with Gasteiger partial charge in [-0.05, 0) is 42.8 Å². The molecule has 0 heterocycles. The van der Waals surface area contributed by atoms with Crippen LogP contribution in [-0.2, 0) is 14.8 Å². The van der Waals surface area contributed by atoms with Crippen LogP contribution in [0.4, 0.5) is 5.69 Å². The molecule has 2 aromatic carbocycles. The Morgan fingerprint density at radius 3 is 2.25 bits per heavy atom. The standard InChI is InChI=1S/C18H21NO4S/c1-3-4-14-23-18(20)15-10-12-17(13-11-15)24(21,22)19(2)16-8-6-5-7-9-16/h5-13H,3-4,14H2,1-2H3. The average molecular weight is 347 g/mol. The number of ether oxygens (including phenoxy) is 1. The third-order valence-corrected chi connectivity index (χ3v) is 5.40. The lowest BCUT2D eigenvalue weighted by Gasteiger charge is -2.19. The summed E-state index contributed by atoms with van der Waals surface area (Å²) in [6, 6.07) is 14.6. The Bertz CT molecular complexity index is 770. The minimum atomic E-state index is -3.67. The summed E-state index contributed by atoms with van der Waals surface area (Å²) in [4.78, 5) is 12.0. The first kappa shape index (κ1) is 18.0. The summed E-state index contributed by atoms with van der Waals surface area (Å²) in [5.74, 6) is -0.441. The Morgan fingerprint density at radius 1 is 1.04 bits per heavy atom. The van der Waals surface area contributed by atoms with Gasteiger partial charge in [-0.2, -0.15) is 0 Å². The second kappa shape index (κ2) is 7.97. The van der Waals surface area contributed by atoms with Crippen LogP contribution >= 0.6 is 0 Å². The zero-order valence-electron chi connectivity index (χ0n) is 13.8. The number of nitrogens with zero attached hydrogens (tertiary/aromatic N) is 1. The molecule has 5 nitrogen and oxygen atoms in total. The van der Waals surface area contributed by atoms with Gasteiger partial charge in [-0.25, -0.2) is 13.2 Å². The molecule has 0 unspecified atom stereocenters. The van der Waals surface area contributed by atoms with Crippen LogP contribution in [0.1, 0.15) is 30.1 Å². The molecule has 2 aromatic rings. The molecular weight excluding hydrogens is 326 g/mol. The number of hydrogen-bond donors (Lipinski definition) is 0. The van der Waals surface area contributed by atoms with E-state index >= 15 is 0 Å². The molecule has 24 heavy (non-hydrogen) atoms. The Morgan fingerprint density at radius 2 is 1.67 bits per heavy atom. The minimum absolute atomic E-state index is 0.124. The van der Waals surface area contributed by atoms with Crippen molar-refractivity contribution in [3.63, 3.8) is 0 Å². The average Bonchev–Trinajstić information content (AvgIpc) is 2.62. The lowest BCUT2D eigenvalue weighted by molar-refractivity contribution is 0.0499. The molecule has 0 atom stereocenters. The topological polar surface area (TPSA) is 63.7 Å². The van der Waals surface area contributed by atoms with Gasteiger partial charge < -0.3 is 4.74 Å². The van der Waals surface area contributed by atoms with Crippen LogP contribution in [0.3, 0.4) is 0 Å². The van der Waals surface area contributed by atoms with Gasteiger partial charge >= 0.3 is 5.97 Å². The van der Waals surface area contributed by atoms with E-state index in [1.807, 2.05) is 13.0 Å². The molecule has 0 aliphatic rings. The Labute approximate surface area is 142 Å². The summed E-state index contributed by atoms with van der Waals surface area (Å²) in [5, 5.41) is 0. The van der Waals surface area contributed by atoms with Gasteiger partial charge in [0.15, 0.2) is 0 Å². The summed E-state index contributed by atoms with van der Waals surface area (Å²) >= 11 is 0. The summed E-state index contributed by atoms with van der Waals surface area (Å²) < 4.78 is 31.6. The van der Waals surface area contributed by atoms with Crippen molar-refractivity contribution in [1.82, 2.24) is 0 Å². The quantitative estimate of drug-likeness (QED) is 0.568. The third kappa shape index (κ3) is 4.14. The number of hydrogen-bond acceptors (Lipinski definition) is 4. The van der Waals surface area contributed by atoms with E-state index in [1.54, 1.807) is 24.3 Å². The number of para-hydroxylation sites is 1. The summed E-state index contributed by atoms with van der Waals surface area (Å²) in [6.45, 7) is 2.38. The second-order valence-corrected chi connectivity index (χ2v) is 7.29. The maximum absolute atomic E-state index is 12.6. The first-order valence-electron chi connectivity index (χ1n) is 7.78. The fourth-order valence-corrected chi connectivity index (χ4v) is 3.29. The van der Waals surface area contributed by atoms with Crippen LogP contribution in [0.2, 0.25) is 0 Å². The predicted molar refractivity (Wildman–Crippen MR) is 93.7 cm³/mol. The molecule has 0 aliphatic carbocycles. The molecule has 6 heteroatoms. The molecule has 0 N–H and O–H groups in total. The zero-order chi connectivity index (χ0) is 17.6. The Hall–Kier alpha value is -2.34. The predicted octanol–water partition coefficient (Wildman–Crippen LogP) is 3.47. The Kier molecular flexibility index (Phi) is 5.98. The van der Waals surface area contributed by atoms with E-state index < -0.39 is 16.0 Å². The van der Waals surface area contributed by atoms with Gasteiger partial charge in [-0.3, -0.25) is 4.31 Å². The van der Waals surface area contributed by atoms with Crippen LogP contribution in [0.25, 0.3) is 0 Å². The normalized spacial score (nSPS) is 11.1. The molecule has 128 valence electrons. The van der Waals surface area contributed by atoms with E-state index in [0.29, 0.717) is 17.9 Å². The number of anilines is 1. The van der Waals surface area contributed by atoms with Gasteiger partial charge in [0.25, 0.3) is 10.0 Å². The zero-order valence-corrected chi connectivity index (χ0v) is 14.6. The van der Waals surface area contributed by atoms with Crippen LogP contribution in [0.5, 0.6) is 0 Å². The number of sulfonamides is 1. The lowest BCUT2D eigenvalue weighted by Crippen LogP contribution is -2.26. The molecule has 0 fully saturated rings. The lowest BCUT2D eigenvalue weighted by atomic mass is 10.2. The number of benzene rings is 2. The summed E-state index contributed by atoms with van der Waals surface area (Å²) in [5.41, 5.74) is 0.910. The van der Waals surface area contributed by atoms with Crippen molar-refractivity contribution in [2.24, 2.45) is 0 Å². The van der Waals surface area contributed by atoms with Gasteiger partial charge in [-0.1, -0.05) is 31.5 Å². The molecule has 0 aliphatic heterocycles. The second-order valence-electron chi connectivity index (χ2n) is 5.32. The minimum Gasteiger partial charge on any atom is -0.462 e.